The maximum atomic E-state index is 10.7. The number of aliphatic carboxylic acids is 1. The molecule has 0 atom stereocenters. The summed E-state index contributed by atoms with van der Waals surface area (Å²) < 4.78 is 1.73. The number of carbonyl (C=O) groups is 1. The van der Waals surface area contributed by atoms with Crippen LogP contribution in [0.4, 0.5) is 0 Å². The molecule has 1 fully saturated rings. The number of rotatable bonds is 3. The van der Waals surface area contributed by atoms with Gasteiger partial charge in [-0.05, 0) is 12.8 Å². The monoisotopic (exact) mass is 252 g/mol. The van der Waals surface area contributed by atoms with Gasteiger partial charge in [0.15, 0.2) is 5.82 Å². The Balaban J connectivity index is 1.90. The van der Waals surface area contributed by atoms with Gasteiger partial charge in [-0.2, -0.15) is 9.78 Å². The summed E-state index contributed by atoms with van der Waals surface area (Å²) in [5.41, 5.74) is 0.676. The Bertz CT molecular complexity index is 492. The van der Waals surface area contributed by atoms with Crippen molar-refractivity contribution in [2.45, 2.75) is 36.8 Å². The molecule has 2 heterocycles. The van der Waals surface area contributed by atoms with Gasteiger partial charge in [-0.25, -0.2) is 0 Å². The quantitative estimate of drug-likeness (QED) is 0.877. The van der Waals surface area contributed by atoms with Gasteiger partial charge in [-0.3, -0.25) is 4.79 Å². The van der Waals surface area contributed by atoms with Gasteiger partial charge in [0.2, 0.25) is 5.16 Å². The first-order valence-corrected chi connectivity index (χ1v) is 6.59. The number of nitrogens with zero attached hydrogens (tertiary/aromatic N) is 4. The van der Waals surface area contributed by atoms with Gasteiger partial charge in [0.05, 0.1) is 12.1 Å². The first kappa shape index (κ1) is 10.8. The van der Waals surface area contributed by atoms with E-state index in [-0.39, 0.29) is 6.42 Å². The summed E-state index contributed by atoms with van der Waals surface area (Å²) in [6.45, 7) is 0. The van der Waals surface area contributed by atoms with E-state index in [1.54, 1.807) is 4.68 Å². The lowest BCUT2D eigenvalue weighted by atomic mass is 9.85. The van der Waals surface area contributed by atoms with Gasteiger partial charge in [0, 0.05) is 11.7 Å². The molecule has 1 N–H and O–H groups in total. The molecule has 0 spiro atoms. The molecule has 7 heteroatoms. The second kappa shape index (κ2) is 4.14. The van der Waals surface area contributed by atoms with Crippen LogP contribution in [0.15, 0.2) is 10.3 Å². The van der Waals surface area contributed by atoms with Crippen molar-refractivity contribution in [3.05, 3.63) is 5.82 Å². The fourth-order valence-corrected chi connectivity index (χ4v) is 2.77. The Morgan fingerprint density at radius 1 is 1.47 bits per heavy atom. The molecule has 1 saturated carbocycles. The molecular weight excluding hydrogens is 240 g/mol. The summed E-state index contributed by atoms with van der Waals surface area (Å²) in [5, 5.41) is 22.2. The SMILES string of the molecule is O=C(O)CC1=Nn2c(nnc2C2CCC2)SC1. The van der Waals surface area contributed by atoms with Crippen LogP contribution in [0.2, 0.25) is 0 Å². The number of aromatic nitrogens is 3. The number of hydrogen-bond donors (Lipinski definition) is 1. The van der Waals surface area contributed by atoms with Gasteiger partial charge >= 0.3 is 5.97 Å². The number of hydrogen-bond acceptors (Lipinski definition) is 5. The molecule has 0 saturated heterocycles. The van der Waals surface area contributed by atoms with Crippen molar-refractivity contribution in [2.75, 3.05) is 5.75 Å². The summed E-state index contributed by atoms with van der Waals surface area (Å²) in [7, 11) is 0. The van der Waals surface area contributed by atoms with Crippen molar-refractivity contribution in [1.82, 2.24) is 14.9 Å². The number of carboxylic acid groups (broad SMARTS) is 1. The summed E-state index contributed by atoms with van der Waals surface area (Å²) in [5.74, 6) is 1.09. The molecule has 90 valence electrons. The molecule has 1 aromatic heterocycles. The van der Waals surface area contributed by atoms with Crippen LogP contribution in [0.5, 0.6) is 0 Å². The van der Waals surface area contributed by atoms with Crippen molar-refractivity contribution in [2.24, 2.45) is 5.10 Å². The summed E-state index contributed by atoms with van der Waals surface area (Å²) in [6, 6.07) is 0. The lowest BCUT2D eigenvalue weighted by Gasteiger charge is -2.24. The topological polar surface area (TPSA) is 80.4 Å². The van der Waals surface area contributed by atoms with E-state index in [4.69, 9.17) is 5.11 Å². The van der Waals surface area contributed by atoms with E-state index in [1.165, 1.54) is 18.2 Å². The summed E-state index contributed by atoms with van der Waals surface area (Å²) >= 11 is 1.51. The number of thioether (sulfide) groups is 1. The van der Waals surface area contributed by atoms with E-state index in [0.29, 0.717) is 17.4 Å². The van der Waals surface area contributed by atoms with Crippen LogP contribution >= 0.6 is 11.8 Å². The maximum absolute atomic E-state index is 10.7. The zero-order valence-corrected chi connectivity index (χ0v) is 9.98. The van der Waals surface area contributed by atoms with Gasteiger partial charge < -0.3 is 5.11 Å². The molecule has 1 aromatic rings. The highest BCUT2D eigenvalue weighted by Crippen LogP contribution is 2.37. The second-order valence-corrected chi connectivity index (χ2v) is 5.25. The van der Waals surface area contributed by atoms with E-state index < -0.39 is 5.97 Å². The van der Waals surface area contributed by atoms with Crippen LogP contribution in [0, 0.1) is 0 Å². The van der Waals surface area contributed by atoms with Crippen LogP contribution < -0.4 is 0 Å². The van der Waals surface area contributed by atoms with E-state index in [9.17, 15) is 4.79 Å². The summed E-state index contributed by atoms with van der Waals surface area (Å²) in [6.07, 6.45) is 3.49. The molecule has 1 aliphatic heterocycles. The molecule has 0 aromatic carbocycles. The Morgan fingerprint density at radius 3 is 2.94 bits per heavy atom. The Labute approximate surface area is 102 Å². The molecule has 0 unspecified atom stereocenters. The lowest BCUT2D eigenvalue weighted by molar-refractivity contribution is -0.135. The minimum atomic E-state index is -0.842. The fourth-order valence-electron chi connectivity index (χ4n) is 1.96. The Kier molecular flexibility index (Phi) is 2.62. The smallest absolute Gasteiger partial charge is 0.309 e. The minimum absolute atomic E-state index is 0.00523. The normalized spacial score (nSPS) is 19.4. The molecule has 6 nitrogen and oxygen atoms in total. The largest absolute Gasteiger partial charge is 0.481 e. The van der Waals surface area contributed by atoms with Crippen LogP contribution in [0.25, 0.3) is 0 Å². The van der Waals surface area contributed by atoms with E-state index >= 15 is 0 Å². The lowest BCUT2D eigenvalue weighted by Crippen LogP contribution is -2.19. The molecular formula is C10H12N4O2S. The predicted octanol–water partition coefficient (Wildman–Crippen LogP) is 1.33. The number of carboxylic acids is 1. The predicted molar refractivity (Wildman–Crippen MR) is 62.4 cm³/mol. The Hall–Kier alpha value is -1.37. The van der Waals surface area contributed by atoms with Crippen molar-refractivity contribution >= 4 is 23.4 Å². The average molecular weight is 252 g/mol. The van der Waals surface area contributed by atoms with Crippen LogP contribution in [0.1, 0.15) is 37.4 Å². The van der Waals surface area contributed by atoms with Crippen LogP contribution in [0.3, 0.4) is 0 Å². The van der Waals surface area contributed by atoms with E-state index in [0.717, 1.165) is 23.8 Å². The molecule has 0 radical (unpaired) electrons. The third-order valence-electron chi connectivity index (χ3n) is 3.07. The maximum Gasteiger partial charge on any atom is 0.309 e. The standard InChI is InChI=1S/C10H12N4O2S/c15-8(16)4-7-5-17-10-12-11-9(14(10)13-7)6-2-1-3-6/h6H,1-5H2,(H,15,16). The highest BCUT2D eigenvalue weighted by Gasteiger charge is 2.28. The fraction of sp³-hybridized carbons (Fsp3) is 0.600. The van der Waals surface area contributed by atoms with Gasteiger partial charge in [-0.15, -0.1) is 10.2 Å². The third-order valence-corrected chi connectivity index (χ3v) is 4.06. The van der Waals surface area contributed by atoms with Gasteiger partial charge in [0.25, 0.3) is 0 Å². The molecule has 2 aliphatic rings. The van der Waals surface area contributed by atoms with Crippen LogP contribution in [-0.2, 0) is 4.79 Å². The second-order valence-electron chi connectivity index (χ2n) is 4.31. The molecule has 17 heavy (non-hydrogen) atoms. The van der Waals surface area contributed by atoms with E-state index in [2.05, 4.69) is 15.3 Å². The van der Waals surface area contributed by atoms with Gasteiger partial charge in [0.1, 0.15) is 0 Å². The molecule has 0 bridgehead atoms. The van der Waals surface area contributed by atoms with Crippen molar-refractivity contribution in [3.63, 3.8) is 0 Å². The van der Waals surface area contributed by atoms with Crippen molar-refractivity contribution < 1.29 is 9.90 Å². The van der Waals surface area contributed by atoms with Crippen molar-refractivity contribution in [1.29, 1.82) is 0 Å². The van der Waals surface area contributed by atoms with Crippen LogP contribution in [-0.4, -0.2) is 37.4 Å². The average Bonchev–Trinajstić information content (AvgIpc) is 2.58. The highest BCUT2D eigenvalue weighted by atomic mass is 32.2. The number of fused-ring (bicyclic) bond motifs is 1. The highest BCUT2D eigenvalue weighted by molar-refractivity contribution is 7.99. The summed E-state index contributed by atoms with van der Waals surface area (Å²) in [4.78, 5) is 10.7. The first-order chi connectivity index (χ1) is 8.24. The first-order valence-electron chi connectivity index (χ1n) is 5.60. The zero-order chi connectivity index (χ0) is 11.8. The zero-order valence-electron chi connectivity index (χ0n) is 9.17. The molecule has 3 rings (SSSR count). The minimum Gasteiger partial charge on any atom is -0.481 e. The molecule has 1 aliphatic carbocycles. The molecule has 0 amide bonds. The van der Waals surface area contributed by atoms with E-state index in [1.807, 2.05) is 0 Å². The Morgan fingerprint density at radius 2 is 2.29 bits per heavy atom. The third kappa shape index (κ3) is 1.95. The van der Waals surface area contributed by atoms with Crippen molar-refractivity contribution in [3.8, 4) is 0 Å². The van der Waals surface area contributed by atoms with Gasteiger partial charge in [-0.1, -0.05) is 18.2 Å².